The van der Waals surface area contributed by atoms with Crippen molar-refractivity contribution in [3.8, 4) is 0 Å². The van der Waals surface area contributed by atoms with Crippen LogP contribution in [-0.4, -0.2) is 19.4 Å². The highest BCUT2D eigenvalue weighted by atomic mass is 31.2. The van der Waals surface area contributed by atoms with Crippen molar-refractivity contribution >= 4 is 7.37 Å². The molecular weight excluding hydrogens is 123 g/mol. The van der Waals surface area contributed by atoms with Crippen LogP contribution in [0.2, 0.25) is 0 Å². The van der Waals surface area contributed by atoms with Crippen molar-refractivity contribution in [1.29, 1.82) is 0 Å². The Morgan fingerprint density at radius 3 is 1.75 bits per heavy atom. The van der Waals surface area contributed by atoms with Crippen LogP contribution in [0.15, 0.2) is 0 Å². The zero-order chi connectivity index (χ0) is 6.62. The van der Waals surface area contributed by atoms with Gasteiger partial charge in [-0.2, -0.15) is 0 Å². The van der Waals surface area contributed by atoms with E-state index in [1.54, 1.807) is 0 Å². The molecule has 0 aromatic carbocycles. The van der Waals surface area contributed by atoms with Crippen molar-refractivity contribution in [2.24, 2.45) is 0 Å². The molecule has 50 valence electrons. The molecule has 0 unspecified atom stereocenters. The number of hydrogen-bond donors (Lipinski definition) is 0. The second-order valence-corrected chi connectivity index (χ2v) is 4.89. The zero-order valence-electron chi connectivity index (χ0n) is 5.68. The maximum absolute atomic E-state index is 11.1. The summed E-state index contributed by atoms with van der Waals surface area (Å²) in [6.07, 6.45) is 1.31. The Morgan fingerprint density at radius 2 is 1.75 bits per heavy atom. The molecular formula is C5H13O2P. The van der Waals surface area contributed by atoms with Crippen molar-refractivity contribution in [1.82, 2.24) is 0 Å². The fourth-order valence-electron chi connectivity index (χ4n) is 0.482. The van der Waals surface area contributed by atoms with Gasteiger partial charge in [-0.3, -0.25) is 4.57 Å². The van der Waals surface area contributed by atoms with E-state index in [-0.39, 0.29) is 0 Å². The van der Waals surface area contributed by atoms with E-state index in [1.165, 1.54) is 7.11 Å². The molecule has 0 aliphatic heterocycles. The van der Waals surface area contributed by atoms with Gasteiger partial charge in [0.15, 0.2) is 0 Å². The van der Waals surface area contributed by atoms with Crippen LogP contribution in [0.1, 0.15) is 13.8 Å². The molecule has 0 aliphatic carbocycles. The monoisotopic (exact) mass is 136 g/mol. The molecule has 0 aromatic rings. The first kappa shape index (κ1) is 8.19. The number of rotatable bonds is 3. The minimum Gasteiger partial charge on any atom is -0.332 e. The van der Waals surface area contributed by atoms with E-state index in [0.29, 0.717) is 12.3 Å². The molecule has 0 spiro atoms. The predicted molar refractivity (Wildman–Crippen MR) is 35.7 cm³/mol. The number of hydrogen-bond acceptors (Lipinski definition) is 2. The Labute approximate surface area is 50.7 Å². The third kappa shape index (κ3) is 1.97. The molecule has 0 radical (unpaired) electrons. The lowest BCUT2D eigenvalue weighted by Crippen LogP contribution is -1.89. The van der Waals surface area contributed by atoms with Crippen molar-refractivity contribution in [2.45, 2.75) is 13.8 Å². The van der Waals surface area contributed by atoms with Gasteiger partial charge in [0.25, 0.3) is 0 Å². The summed E-state index contributed by atoms with van der Waals surface area (Å²) in [7, 11) is -0.654. The van der Waals surface area contributed by atoms with Gasteiger partial charge in [-0.25, -0.2) is 0 Å². The SMILES string of the molecule is CCP(=O)(CC)OC. The summed E-state index contributed by atoms with van der Waals surface area (Å²) >= 11 is 0. The Balaban J connectivity index is 3.79. The Morgan fingerprint density at radius 1 is 1.38 bits per heavy atom. The minimum absolute atomic E-state index is 0.653. The fourth-order valence-corrected chi connectivity index (χ4v) is 1.45. The summed E-state index contributed by atoms with van der Waals surface area (Å²) in [5.41, 5.74) is 0. The van der Waals surface area contributed by atoms with Gasteiger partial charge < -0.3 is 4.52 Å². The third-order valence-corrected chi connectivity index (χ3v) is 3.89. The van der Waals surface area contributed by atoms with Gasteiger partial charge in [0.05, 0.1) is 0 Å². The van der Waals surface area contributed by atoms with Gasteiger partial charge in [-0.15, -0.1) is 0 Å². The van der Waals surface area contributed by atoms with Gasteiger partial charge in [0.2, 0.25) is 7.37 Å². The lowest BCUT2D eigenvalue weighted by Gasteiger charge is -2.09. The van der Waals surface area contributed by atoms with Gasteiger partial charge >= 0.3 is 0 Å². The molecule has 2 nitrogen and oxygen atoms in total. The van der Waals surface area contributed by atoms with E-state index in [4.69, 9.17) is 4.52 Å². The normalized spacial score (nSPS) is 11.9. The quantitative estimate of drug-likeness (QED) is 0.554. The van der Waals surface area contributed by atoms with Crippen LogP contribution < -0.4 is 0 Å². The summed E-state index contributed by atoms with van der Waals surface area (Å²) in [4.78, 5) is 0. The van der Waals surface area contributed by atoms with Crippen LogP contribution in [0.5, 0.6) is 0 Å². The summed E-state index contributed by atoms with van der Waals surface area (Å²) in [6.45, 7) is 3.77. The second-order valence-electron chi connectivity index (χ2n) is 1.63. The Hall–Kier alpha value is 0.190. The van der Waals surface area contributed by atoms with Crippen molar-refractivity contribution in [2.75, 3.05) is 19.4 Å². The van der Waals surface area contributed by atoms with E-state index in [1.807, 2.05) is 13.8 Å². The maximum Gasteiger partial charge on any atom is 0.202 e. The molecule has 8 heavy (non-hydrogen) atoms. The molecule has 0 N–H and O–H groups in total. The molecule has 0 aromatic heterocycles. The molecule has 0 atom stereocenters. The van der Waals surface area contributed by atoms with Crippen LogP contribution >= 0.6 is 7.37 Å². The van der Waals surface area contributed by atoms with Crippen molar-refractivity contribution in [3.05, 3.63) is 0 Å². The standard InChI is InChI=1S/C5H13O2P/c1-4-8(6,5-2)7-3/h4-5H2,1-3H3. The summed E-state index contributed by atoms with van der Waals surface area (Å²) in [5.74, 6) is 0. The summed E-state index contributed by atoms with van der Waals surface area (Å²) < 4.78 is 15.9. The highest BCUT2D eigenvalue weighted by Crippen LogP contribution is 2.44. The Kier molecular flexibility index (Phi) is 3.34. The van der Waals surface area contributed by atoms with Gasteiger partial charge in [-0.05, 0) is 0 Å². The summed E-state index contributed by atoms with van der Waals surface area (Å²) in [5, 5.41) is 0. The first-order valence-electron chi connectivity index (χ1n) is 2.82. The molecule has 0 saturated carbocycles. The highest BCUT2D eigenvalue weighted by molar-refractivity contribution is 7.58. The molecule has 0 heterocycles. The average Bonchev–Trinajstić information content (AvgIpc) is 1.87. The maximum atomic E-state index is 11.1. The molecule has 0 saturated heterocycles. The molecule has 0 bridgehead atoms. The van der Waals surface area contributed by atoms with Crippen LogP contribution in [0.3, 0.4) is 0 Å². The lowest BCUT2D eigenvalue weighted by atomic mass is 11.0. The fraction of sp³-hybridized carbons (Fsp3) is 1.00. The zero-order valence-corrected chi connectivity index (χ0v) is 6.57. The molecule has 0 fully saturated rings. The molecule has 0 aliphatic rings. The first-order chi connectivity index (χ1) is 3.68. The predicted octanol–water partition coefficient (Wildman–Crippen LogP) is 1.95. The largest absolute Gasteiger partial charge is 0.332 e. The van der Waals surface area contributed by atoms with Crippen molar-refractivity contribution in [3.63, 3.8) is 0 Å². The lowest BCUT2D eigenvalue weighted by molar-refractivity contribution is 0.395. The van der Waals surface area contributed by atoms with Crippen LogP contribution in [0, 0.1) is 0 Å². The van der Waals surface area contributed by atoms with Crippen LogP contribution in [0.25, 0.3) is 0 Å². The molecule has 3 heteroatoms. The van der Waals surface area contributed by atoms with Crippen LogP contribution in [0.4, 0.5) is 0 Å². The first-order valence-corrected chi connectivity index (χ1v) is 4.82. The van der Waals surface area contributed by atoms with Gasteiger partial charge in [0.1, 0.15) is 0 Å². The molecule has 0 amide bonds. The van der Waals surface area contributed by atoms with Gasteiger partial charge in [-0.1, -0.05) is 13.8 Å². The smallest absolute Gasteiger partial charge is 0.202 e. The van der Waals surface area contributed by atoms with Gasteiger partial charge in [0, 0.05) is 19.4 Å². The second kappa shape index (κ2) is 3.26. The minimum atomic E-state index is -2.16. The molecule has 0 rings (SSSR count). The van der Waals surface area contributed by atoms with Crippen LogP contribution in [-0.2, 0) is 9.09 Å². The van der Waals surface area contributed by atoms with E-state index in [9.17, 15) is 4.57 Å². The average molecular weight is 136 g/mol. The van der Waals surface area contributed by atoms with E-state index in [2.05, 4.69) is 0 Å². The topological polar surface area (TPSA) is 26.3 Å². The van der Waals surface area contributed by atoms with E-state index >= 15 is 0 Å². The Bertz CT molecular complexity index is 81.6. The summed E-state index contributed by atoms with van der Waals surface area (Å²) in [6, 6.07) is 0. The highest BCUT2D eigenvalue weighted by Gasteiger charge is 2.13. The third-order valence-electron chi connectivity index (χ3n) is 1.30. The van der Waals surface area contributed by atoms with Crippen molar-refractivity contribution < 1.29 is 9.09 Å². The van der Waals surface area contributed by atoms with E-state index in [0.717, 1.165) is 0 Å². The van der Waals surface area contributed by atoms with E-state index < -0.39 is 7.37 Å².